The first kappa shape index (κ1) is 21.0. The molecule has 2 aromatic carbocycles. The van der Waals surface area contributed by atoms with E-state index in [0.717, 1.165) is 0 Å². The van der Waals surface area contributed by atoms with Crippen LogP contribution in [0.5, 0.6) is 5.75 Å². The molecule has 0 atom stereocenters. The first-order valence-corrected chi connectivity index (χ1v) is 10.1. The summed E-state index contributed by atoms with van der Waals surface area (Å²) in [6.07, 6.45) is 0.166. The number of carbonyl (C=O) groups excluding carboxylic acids is 1. The molecule has 9 heteroatoms. The summed E-state index contributed by atoms with van der Waals surface area (Å²) in [5, 5.41) is 2.91. The van der Waals surface area contributed by atoms with Crippen molar-refractivity contribution in [2.75, 3.05) is 30.4 Å². The summed E-state index contributed by atoms with van der Waals surface area (Å²) in [4.78, 5) is 11.8. The van der Waals surface area contributed by atoms with Gasteiger partial charge in [-0.15, -0.1) is 0 Å². The average Bonchev–Trinajstić information content (AvgIpc) is 2.63. The van der Waals surface area contributed by atoms with E-state index in [1.165, 1.54) is 19.2 Å². The van der Waals surface area contributed by atoms with Crippen molar-refractivity contribution in [2.24, 2.45) is 0 Å². The number of carbonyl (C=O) groups is 1. The van der Waals surface area contributed by atoms with E-state index in [0.29, 0.717) is 12.3 Å². The van der Waals surface area contributed by atoms with Gasteiger partial charge in [0.1, 0.15) is 10.6 Å². The Hall–Kier alpha value is -2.29. The molecule has 0 aliphatic heterocycles. The number of sulfonamides is 1. The van der Waals surface area contributed by atoms with Crippen LogP contribution in [0.15, 0.2) is 47.4 Å². The Labute approximate surface area is 163 Å². The molecule has 1 amide bonds. The fourth-order valence-corrected chi connectivity index (χ4v) is 3.76. The highest BCUT2D eigenvalue weighted by Crippen LogP contribution is 2.30. The van der Waals surface area contributed by atoms with Crippen molar-refractivity contribution in [1.82, 2.24) is 0 Å². The van der Waals surface area contributed by atoms with Gasteiger partial charge in [-0.25, -0.2) is 8.42 Å². The summed E-state index contributed by atoms with van der Waals surface area (Å²) in [6, 6.07) is 10.8. The summed E-state index contributed by atoms with van der Waals surface area (Å²) in [5.41, 5.74) is 0.573. The normalized spacial score (nSPS) is 11.1. The summed E-state index contributed by atoms with van der Waals surface area (Å²) < 4.78 is 38.3. The van der Waals surface area contributed by atoms with Gasteiger partial charge in [0.25, 0.3) is 10.0 Å². The number of amides is 1. The minimum absolute atomic E-state index is 0.118. The molecule has 0 bridgehead atoms. The third-order valence-electron chi connectivity index (χ3n) is 3.53. The van der Waals surface area contributed by atoms with Gasteiger partial charge in [-0.05, 0) is 37.3 Å². The fraction of sp³-hybridized carbons (Fsp3) is 0.278. The van der Waals surface area contributed by atoms with Crippen LogP contribution in [0.3, 0.4) is 0 Å². The maximum atomic E-state index is 12.8. The molecule has 0 aromatic heterocycles. The first-order valence-electron chi connectivity index (χ1n) is 8.20. The third kappa shape index (κ3) is 5.85. The van der Waals surface area contributed by atoms with Gasteiger partial charge in [0, 0.05) is 12.3 Å². The topological polar surface area (TPSA) is 93.7 Å². The molecule has 0 fully saturated rings. The second-order valence-electron chi connectivity index (χ2n) is 5.45. The summed E-state index contributed by atoms with van der Waals surface area (Å²) in [6.45, 7) is 2.65. The third-order valence-corrected chi connectivity index (χ3v) is 5.25. The van der Waals surface area contributed by atoms with E-state index in [4.69, 9.17) is 21.1 Å². The lowest BCUT2D eigenvalue weighted by atomic mass is 10.3. The molecular weight excluding hydrogens is 392 g/mol. The fourth-order valence-electron chi connectivity index (χ4n) is 2.24. The SMILES string of the molecule is CCOCCC(=O)Nc1ccc(OC)c(S(=O)(=O)Nc2ccccc2Cl)c1. The molecule has 2 N–H and O–H groups in total. The molecule has 0 spiro atoms. The van der Waals surface area contributed by atoms with Crippen LogP contribution in [0, 0.1) is 0 Å². The molecule has 2 rings (SSSR count). The lowest BCUT2D eigenvalue weighted by Gasteiger charge is -2.14. The standard InChI is InChI=1S/C18H21ClN2O5S/c1-3-26-11-10-18(22)20-13-8-9-16(25-2)17(12-13)27(23,24)21-15-7-5-4-6-14(15)19/h4-9,12,21H,3,10-11H2,1-2H3,(H,20,22). The largest absolute Gasteiger partial charge is 0.495 e. The predicted octanol–water partition coefficient (Wildman–Crippen LogP) is 3.51. The second kappa shape index (κ2) is 9.59. The highest BCUT2D eigenvalue weighted by molar-refractivity contribution is 7.92. The summed E-state index contributed by atoms with van der Waals surface area (Å²) in [5.74, 6) is -0.141. The Bertz CT molecular complexity index is 902. The van der Waals surface area contributed by atoms with E-state index in [-0.39, 0.29) is 40.3 Å². The van der Waals surface area contributed by atoms with Crippen molar-refractivity contribution in [3.63, 3.8) is 0 Å². The molecule has 0 aliphatic carbocycles. The van der Waals surface area contributed by atoms with Crippen molar-refractivity contribution in [2.45, 2.75) is 18.2 Å². The molecule has 0 heterocycles. The van der Waals surface area contributed by atoms with Crippen LogP contribution in [0.1, 0.15) is 13.3 Å². The Morgan fingerprint density at radius 3 is 2.59 bits per heavy atom. The van der Waals surface area contributed by atoms with Crippen molar-refractivity contribution in [1.29, 1.82) is 0 Å². The van der Waals surface area contributed by atoms with Crippen LogP contribution in [0.25, 0.3) is 0 Å². The zero-order valence-corrected chi connectivity index (χ0v) is 16.6. The molecule has 146 valence electrons. The van der Waals surface area contributed by atoms with Gasteiger partial charge in [0.2, 0.25) is 5.91 Å². The van der Waals surface area contributed by atoms with E-state index < -0.39 is 10.0 Å². The molecule has 27 heavy (non-hydrogen) atoms. The smallest absolute Gasteiger partial charge is 0.265 e. The lowest BCUT2D eigenvalue weighted by Crippen LogP contribution is -2.17. The zero-order valence-electron chi connectivity index (χ0n) is 15.0. The Balaban J connectivity index is 2.26. The van der Waals surface area contributed by atoms with Crippen molar-refractivity contribution >= 4 is 38.9 Å². The van der Waals surface area contributed by atoms with Crippen LogP contribution < -0.4 is 14.8 Å². The van der Waals surface area contributed by atoms with Gasteiger partial charge in [-0.2, -0.15) is 0 Å². The summed E-state index contributed by atoms with van der Waals surface area (Å²) >= 11 is 6.02. The highest BCUT2D eigenvalue weighted by atomic mass is 35.5. The zero-order chi connectivity index (χ0) is 19.9. The van der Waals surface area contributed by atoms with Crippen LogP contribution in [0.2, 0.25) is 5.02 Å². The first-order chi connectivity index (χ1) is 12.9. The van der Waals surface area contributed by atoms with Crippen LogP contribution >= 0.6 is 11.6 Å². The van der Waals surface area contributed by atoms with Crippen LogP contribution in [-0.2, 0) is 19.6 Å². The van der Waals surface area contributed by atoms with Gasteiger partial charge in [0.05, 0.1) is 30.8 Å². The van der Waals surface area contributed by atoms with Gasteiger partial charge in [0.15, 0.2) is 0 Å². The molecule has 0 saturated heterocycles. The van der Waals surface area contributed by atoms with E-state index in [2.05, 4.69) is 10.0 Å². The quantitative estimate of drug-likeness (QED) is 0.614. The number of nitrogens with one attached hydrogen (secondary N) is 2. The Morgan fingerprint density at radius 2 is 1.93 bits per heavy atom. The van der Waals surface area contributed by atoms with E-state index in [9.17, 15) is 13.2 Å². The number of rotatable bonds is 9. The number of hydrogen-bond donors (Lipinski definition) is 2. The number of halogens is 1. The minimum Gasteiger partial charge on any atom is -0.495 e. The number of ether oxygens (including phenoxy) is 2. The minimum atomic E-state index is -3.99. The molecule has 0 radical (unpaired) electrons. The predicted molar refractivity (Wildman–Crippen MR) is 105 cm³/mol. The van der Waals surface area contributed by atoms with E-state index >= 15 is 0 Å². The number of para-hydroxylation sites is 1. The lowest BCUT2D eigenvalue weighted by molar-refractivity contribution is -0.117. The summed E-state index contributed by atoms with van der Waals surface area (Å²) in [7, 11) is -2.63. The van der Waals surface area contributed by atoms with E-state index in [1.54, 1.807) is 30.3 Å². The molecule has 0 aliphatic rings. The van der Waals surface area contributed by atoms with Crippen LogP contribution in [-0.4, -0.2) is 34.6 Å². The number of methoxy groups -OCH3 is 1. The highest BCUT2D eigenvalue weighted by Gasteiger charge is 2.21. The van der Waals surface area contributed by atoms with Crippen molar-refractivity contribution < 1.29 is 22.7 Å². The van der Waals surface area contributed by atoms with Crippen molar-refractivity contribution in [3.05, 3.63) is 47.5 Å². The van der Waals surface area contributed by atoms with E-state index in [1.807, 2.05) is 6.92 Å². The maximum absolute atomic E-state index is 12.8. The Kier molecular flexibility index (Phi) is 7.46. The Morgan fingerprint density at radius 1 is 1.19 bits per heavy atom. The number of anilines is 2. The van der Waals surface area contributed by atoms with Gasteiger partial charge >= 0.3 is 0 Å². The molecule has 0 unspecified atom stereocenters. The second-order valence-corrected chi connectivity index (χ2v) is 7.50. The monoisotopic (exact) mass is 412 g/mol. The van der Waals surface area contributed by atoms with Gasteiger partial charge < -0.3 is 14.8 Å². The number of hydrogen-bond acceptors (Lipinski definition) is 5. The maximum Gasteiger partial charge on any atom is 0.265 e. The van der Waals surface area contributed by atoms with Gasteiger partial charge in [-0.1, -0.05) is 23.7 Å². The molecule has 7 nitrogen and oxygen atoms in total. The van der Waals surface area contributed by atoms with Gasteiger partial charge in [-0.3, -0.25) is 9.52 Å². The average molecular weight is 413 g/mol. The molecular formula is C18H21ClN2O5S. The molecule has 0 saturated carbocycles. The van der Waals surface area contributed by atoms with Crippen LogP contribution in [0.4, 0.5) is 11.4 Å². The van der Waals surface area contributed by atoms with Crippen molar-refractivity contribution in [3.8, 4) is 5.75 Å². The molecule has 2 aromatic rings. The number of benzene rings is 2.